The molecule has 1 amide bonds. The van der Waals surface area contributed by atoms with E-state index in [0.717, 1.165) is 28.0 Å². The number of fused-ring (bicyclic) bond motifs is 1. The molecular formula is C19H16N4O3. The van der Waals surface area contributed by atoms with Gasteiger partial charge in [-0.3, -0.25) is 4.79 Å². The van der Waals surface area contributed by atoms with E-state index in [1.54, 1.807) is 26.2 Å². The predicted octanol–water partition coefficient (Wildman–Crippen LogP) is 3.10. The normalized spacial score (nSPS) is 11.0. The maximum absolute atomic E-state index is 11.3. The first-order chi connectivity index (χ1) is 12.6. The van der Waals surface area contributed by atoms with Crippen LogP contribution < -0.4 is 10.5 Å². The molecular weight excluding hydrogens is 332 g/mol. The van der Waals surface area contributed by atoms with E-state index in [2.05, 4.69) is 10.2 Å². The van der Waals surface area contributed by atoms with Crippen LogP contribution in [0.4, 0.5) is 0 Å². The first-order valence-electron chi connectivity index (χ1n) is 7.97. The van der Waals surface area contributed by atoms with Gasteiger partial charge in [0.1, 0.15) is 11.4 Å². The highest BCUT2D eigenvalue weighted by Gasteiger charge is 2.17. The van der Waals surface area contributed by atoms with Crippen LogP contribution >= 0.6 is 0 Å². The fourth-order valence-electron chi connectivity index (χ4n) is 2.93. The Labute approximate surface area is 149 Å². The molecule has 0 atom stereocenters. The van der Waals surface area contributed by atoms with Gasteiger partial charge in [0.15, 0.2) is 0 Å². The lowest BCUT2D eigenvalue weighted by atomic mass is 10.2. The predicted molar refractivity (Wildman–Crippen MR) is 96.4 cm³/mol. The number of aryl methyl sites for hydroxylation is 1. The molecule has 26 heavy (non-hydrogen) atoms. The highest BCUT2D eigenvalue weighted by atomic mass is 16.5. The van der Waals surface area contributed by atoms with Gasteiger partial charge in [0.25, 0.3) is 5.89 Å². The summed E-state index contributed by atoms with van der Waals surface area (Å²) in [5.41, 5.74) is 8.33. The van der Waals surface area contributed by atoms with Crippen molar-refractivity contribution in [1.82, 2.24) is 14.8 Å². The molecule has 2 aromatic carbocycles. The highest BCUT2D eigenvalue weighted by Crippen LogP contribution is 2.33. The fourth-order valence-corrected chi connectivity index (χ4v) is 2.93. The summed E-state index contributed by atoms with van der Waals surface area (Å²) in [6.45, 7) is 1.74. The van der Waals surface area contributed by atoms with Gasteiger partial charge in [-0.25, -0.2) is 0 Å². The maximum Gasteiger partial charge on any atom is 0.264 e. The molecule has 130 valence electrons. The third-order valence-corrected chi connectivity index (χ3v) is 4.16. The standard InChI is InChI=1S/C19H16N4O3/c1-11-21-22-19(26-11)17-10-13-9-15(25-2)7-8-16(13)23(17)14-5-3-12(4-6-14)18(20)24/h3-10H,1-2H3,(H2,20,24). The molecule has 2 N–H and O–H groups in total. The van der Waals surface area contributed by atoms with Crippen LogP contribution in [-0.4, -0.2) is 27.8 Å². The zero-order valence-corrected chi connectivity index (χ0v) is 14.3. The Balaban J connectivity index is 1.97. The second kappa shape index (κ2) is 6.03. The lowest BCUT2D eigenvalue weighted by molar-refractivity contribution is 0.100. The molecule has 0 aliphatic carbocycles. The molecule has 2 aromatic heterocycles. The lowest BCUT2D eigenvalue weighted by Crippen LogP contribution is -2.10. The summed E-state index contributed by atoms with van der Waals surface area (Å²) in [6.07, 6.45) is 0. The van der Waals surface area contributed by atoms with Gasteiger partial charge in [0.05, 0.1) is 12.6 Å². The van der Waals surface area contributed by atoms with Crippen molar-refractivity contribution in [3.8, 4) is 23.0 Å². The number of benzene rings is 2. The molecule has 0 aliphatic heterocycles. The van der Waals surface area contributed by atoms with E-state index in [4.69, 9.17) is 14.9 Å². The van der Waals surface area contributed by atoms with Crippen molar-refractivity contribution in [2.75, 3.05) is 7.11 Å². The van der Waals surface area contributed by atoms with E-state index in [-0.39, 0.29) is 0 Å². The highest BCUT2D eigenvalue weighted by molar-refractivity contribution is 5.93. The van der Waals surface area contributed by atoms with Crippen LogP contribution in [-0.2, 0) is 0 Å². The minimum absolute atomic E-state index is 0.414. The van der Waals surface area contributed by atoms with E-state index in [1.165, 1.54) is 0 Å². The fraction of sp³-hybridized carbons (Fsp3) is 0.105. The van der Waals surface area contributed by atoms with Crippen molar-refractivity contribution in [3.05, 3.63) is 60.0 Å². The molecule has 7 nitrogen and oxygen atoms in total. The molecule has 4 aromatic rings. The van der Waals surface area contributed by atoms with Crippen molar-refractivity contribution in [1.29, 1.82) is 0 Å². The second-order valence-corrected chi connectivity index (χ2v) is 5.83. The van der Waals surface area contributed by atoms with E-state index in [1.807, 2.05) is 41.0 Å². The Hall–Kier alpha value is -3.61. The van der Waals surface area contributed by atoms with Crippen LogP contribution in [0.25, 0.3) is 28.2 Å². The van der Waals surface area contributed by atoms with E-state index < -0.39 is 5.91 Å². The first-order valence-corrected chi connectivity index (χ1v) is 7.97. The Morgan fingerprint density at radius 1 is 1.12 bits per heavy atom. The third-order valence-electron chi connectivity index (χ3n) is 4.16. The molecule has 0 bridgehead atoms. The van der Waals surface area contributed by atoms with Crippen LogP contribution in [0.2, 0.25) is 0 Å². The zero-order valence-electron chi connectivity index (χ0n) is 14.3. The molecule has 0 fully saturated rings. The molecule has 4 rings (SSSR count). The van der Waals surface area contributed by atoms with Gasteiger partial charge >= 0.3 is 0 Å². The number of primary amides is 1. The third kappa shape index (κ3) is 2.59. The first kappa shape index (κ1) is 15.9. The van der Waals surface area contributed by atoms with Crippen LogP contribution in [0.15, 0.2) is 52.9 Å². The van der Waals surface area contributed by atoms with Crippen LogP contribution in [0, 0.1) is 6.92 Å². The quantitative estimate of drug-likeness (QED) is 0.611. The van der Waals surface area contributed by atoms with Crippen LogP contribution in [0.1, 0.15) is 16.2 Å². The second-order valence-electron chi connectivity index (χ2n) is 5.83. The molecule has 0 unspecified atom stereocenters. The van der Waals surface area contributed by atoms with Gasteiger partial charge in [0.2, 0.25) is 11.8 Å². The number of aromatic nitrogens is 3. The lowest BCUT2D eigenvalue weighted by Gasteiger charge is -2.10. The average molecular weight is 348 g/mol. The zero-order chi connectivity index (χ0) is 18.3. The van der Waals surface area contributed by atoms with E-state index in [9.17, 15) is 4.79 Å². The monoisotopic (exact) mass is 348 g/mol. The molecule has 0 aliphatic rings. The van der Waals surface area contributed by atoms with Crippen molar-refractivity contribution in [2.24, 2.45) is 5.73 Å². The minimum atomic E-state index is -0.466. The Bertz CT molecular complexity index is 1110. The maximum atomic E-state index is 11.3. The molecule has 0 saturated carbocycles. The Morgan fingerprint density at radius 2 is 1.88 bits per heavy atom. The van der Waals surface area contributed by atoms with Gasteiger partial charge in [-0.2, -0.15) is 0 Å². The van der Waals surface area contributed by atoms with Crippen molar-refractivity contribution < 1.29 is 13.9 Å². The van der Waals surface area contributed by atoms with Crippen molar-refractivity contribution in [2.45, 2.75) is 6.92 Å². The number of carbonyl (C=O) groups excluding carboxylic acids is 1. The molecule has 7 heteroatoms. The number of methoxy groups -OCH3 is 1. The van der Waals surface area contributed by atoms with Crippen molar-refractivity contribution >= 4 is 16.8 Å². The summed E-state index contributed by atoms with van der Waals surface area (Å²) < 4.78 is 12.9. The molecule has 2 heterocycles. The smallest absolute Gasteiger partial charge is 0.264 e. The summed E-state index contributed by atoms with van der Waals surface area (Å²) in [7, 11) is 1.63. The van der Waals surface area contributed by atoms with Crippen molar-refractivity contribution in [3.63, 3.8) is 0 Å². The molecule has 0 radical (unpaired) electrons. The number of rotatable bonds is 4. The van der Waals surface area contributed by atoms with Gasteiger partial charge < -0.3 is 19.5 Å². The number of nitrogens with two attached hydrogens (primary N) is 1. The molecule has 0 spiro atoms. The number of ether oxygens (including phenoxy) is 1. The summed E-state index contributed by atoms with van der Waals surface area (Å²) in [5.74, 6) is 1.19. The van der Waals surface area contributed by atoms with Gasteiger partial charge in [0, 0.05) is 23.6 Å². The van der Waals surface area contributed by atoms with Gasteiger partial charge in [-0.05, 0) is 48.5 Å². The van der Waals surface area contributed by atoms with Crippen LogP contribution in [0.5, 0.6) is 5.75 Å². The number of hydrogen-bond acceptors (Lipinski definition) is 5. The van der Waals surface area contributed by atoms with E-state index in [0.29, 0.717) is 17.3 Å². The number of hydrogen-bond donors (Lipinski definition) is 1. The number of carbonyl (C=O) groups is 1. The average Bonchev–Trinajstić information content (AvgIpc) is 3.24. The SMILES string of the molecule is COc1ccc2c(c1)cc(-c1nnc(C)o1)n2-c1ccc(C(N)=O)cc1. The Kier molecular flexibility index (Phi) is 3.69. The topological polar surface area (TPSA) is 96.2 Å². The van der Waals surface area contributed by atoms with Gasteiger partial charge in [-0.1, -0.05) is 0 Å². The number of amides is 1. The molecule has 0 saturated heterocycles. The Morgan fingerprint density at radius 3 is 2.50 bits per heavy atom. The number of nitrogens with zero attached hydrogens (tertiary/aromatic N) is 3. The van der Waals surface area contributed by atoms with Gasteiger partial charge in [-0.15, -0.1) is 10.2 Å². The summed E-state index contributed by atoms with van der Waals surface area (Å²) in [5, 5.41) is 9.03. The summed E-state index contributed by atoms with van der Waals surface area (Å²) in [4.78, 5) is 11.3. The summed E-state index contributed by atoms with van der Waals surface area (Å²) in [6, 6.07) is 14.8. The largest absolute Gasteiger partial charge is 0.497 e. The van der Waals surface area contributed by atoms with Crippen LogP contribution in [0.3, 0.4) is 0 Å². The summed E-state index contributed by atoms with van der Waals surface area (Å²) >= 11 is 0. The minimum Gasteiger partial charge on any atom is -0.497 e. The van der Waals surface area contributed by atoms with E-state index >= 15 is 0 Å².